The number of nitrogens with one attached hydrogen (secondary N) is 1. The van der Waals surface area contributed by atoms with Crippen molar-refractivity contribution < 1.29 is 19.4 Å². The molecule has 1 aromatic rings. The van der Waals surface area contributed by atoms with Gasteiger partial charge < -0.3 is 9.84 Å². The molecule has 7 nitrogen and oxygen atoms in total. The van der Waals surface area contributed by atoms with Crippen LogP contribution < -0.4 is 5.32 Å². The van der Waals surface area contributed by atoms with Gasteiger partial charge in [-0.1, -0.05) is 0 Å². The fourth-order valence-electron chi connectivity index (χ4n) is 1.22. The Morgan fingerprint density at radius 3 is 2.53 bits per heavy atom. The van der Waals surface area contributed by atoms with Gasteiger partial charge in [0.2, 0.25) is 0 Å². The second kappa shape index (κ2) is 5.55. The highest BCUT2D eigenvalue weighted by Crippen LogP contribution is 2.08. The molecule has 0 saturated carbocycles. The molecule has 0 aliphatic heterocycles. The van der Waals surface area contributed by atoms with E-state index in [2.05, 4.69) is 10.4 Å². The van der Waals surface area contributed by atoms with Crippen molar-refractivity contribution in [3.8, 4) is 0 Å². The number of aliphatic carboxylic acids is 1. The summed E-state index contributed by atoms with van der Waals surface area (Å²) in [6.07, 6.45) is 2.10. The van der Waals surface area contributed by atoms with E-state index in [-0.39, 0.29) is 5.70 Å². The molecule has 0 saturated heterocycles. The minimum atomic E-state index is -1.27. The number of ether oxygens (including phenoxy) is 1. The molecule has 104 valence electrons. The van der Waals surface area contributed by atoms with Gasteiger partial charge in [-0.2, -0.15) is 5.10 Å². The Morgan fingerprint density at radius 1 is 1.47 bits per heavy atom. The van der Waals surface area contributed by atoms with Crippen molar-refractivity contribution in [2.45, 2.75) is 26.4 Å². The lowest BCUT2D eigenvalue weighted by molar-refractivity contribution is -0.133. The molecule has 0 aliphatic rings. The molecule has 19 heavy (non-hydrogen) atoms. The number of carboxylic acid groups (broad SMARTS) is 1. The Kier molecular flexibility index (Phi) is 4.31. The molecule has 0 unspecified atom stereocenters. The Morgan fingerprint density at radius 2 is 2.11 bits per heavy atom. The second-order valence-electron chi connectivity index (χ2n) is 4.90. The maximum absolute atomic E-state index is 11.5. The van der Waals surface area contributed by atoms with Crippen LogP contribution in [0.15, 0.2) is 18.0 Å². The normalized spacial score (nSPS) is 12.1. The average Bonchev–Trinajstić information content (AvgIpc) is 2.60. The van der Waals surface area contributed by atoms with Crippen LogP contribution in [-0.2, 0) is 16.6 Å². The van der Waals surface area contributed by atoms with Crippen molar-refractivity contribution in [2.75, 3.05) is 0 Å². The SMILES string of the molecule is Cn1ccc(/C=C(/NC(=O)OC(C)(C)C)C(=O)O)n1. The van der Waals surface area contributed by atoms with Crippen LogP contribution in [0.2, 0.25) is 0 Å². The smallest absolute Gasteiger partial charge is 0.412 e. The lowest BCUT2D eigenvalue weighted by atomic mass is 10.2. The second-order valence-corrected chi connectivity index (χ2v) is 4.90. The Hall–Kier alpha value is -2.31. The summed E-state index contributed by atoms with van der Waals surface area (Å²) in [6, 6.07) is 1.62. The van der Waals surface area contributed by atoms with Gasteiger partial charge in [0.05, 0.1) is 5.69 Å². The molecule has 2 N–H and O–H groups in total. The van der Waals surface area contributed by atoms with Gasteiger partial charge in [-0.15, -0.1) is 0 Å². The van der Waals surface area contributed by atoms with Crippen LogP contribution in [0.25, 0.3) is 6.08 Å². The molecule has 1 heterocycles. The lowest BCUT2D eigenvalue weighted by Gasteiger charge is -2.19. The van der Waals surface area contributed by atoms with Gasteiger partial charge in [-0.05, 0) is 32.9 Å². The standard InChI is InChI=1S/C12H17N3O4/c1-12(2,3)19-11(18)13-9(10(16)17)7-8-5-6-15(4)14-8/h5-7H,1-4H3,(H,13,18)(H,16,17)/b9-7+. The summed E-state index contributed by atoms with van der Waals surface area (Å²) < 4.78 is 6.51. The van der Waals surface area contributed by atoms with E-state index >= 15 is 0 Å². The van der Waals surface area contributed by atoms with E-state index in [0.717, 1.165) is 0 Å². The minimum Gasteiger partial charge on any atom is -0.477 e. The summed E-state index contributed by atoms with van der Waals surface area (Å²) in [7, 11) is 1.71. The van der Waals surface area contributed by atoms with E-state index in [9.17, 15) is 9.59 Å². The van der Waals surface area contributed by atoms with E-state index in [0.29, 0.717) is 5.69 Å². The van der Waals surface area contributed by atoms with Crippen LogP contribution in [0, 0.1) is 0 Å². The summed E-state index contributed by atoms with van der Waals surface area (Å²) in [5.74, 6) is -1.27. The Bertz CT molecular complexity index is 511. The Balaban J connectivity index is 2.82. The third-order valence-corrected chi connectivity index (χ3v) is 1.89. The number of carbonyl (C=O) groups excluding carboxylic acids is 1. The molecule has 0 radical (unpaired) electrons. The number of nitrogens with zero attached hydrogens (tertiary/aromatic N) is 2. The van der Waals surface area contributed by atoms with E-state index in [1.54, 1.807) is 40.1 Å². The highest BCUT2D eigenvalue weighted by molar-refractivity contribution is 5.95. The number of carboxylic acids is 1. The zero-order valence-electron chi connectivity index (χ0n) is 11.3. The number of alkyl carbamates (subject to hydrolysis) is 1. The predicted octanol–water partition coefficient (Wildman–Crippen LogP) is 1.37. The largest absolute Gasteiger partial charge is 0.477 e. The maximum Gasteiger partial charge on any atom is 0.412 e. The highest BCUT2D eigenvalue weighted by atomic mass is 16.6. The molecule has 0 aromatic carbocycles. The van der Waals surface area contributed by atoms with Gasteiger partial charge in [-0.25, -0.2) is 9.59 Å². The molecule has 7 heteroatoms. The van der Waals surface area contributed by atoms with Gasteiger partial charge in [0.15, 0.2) is 0 Å². The first-order chi connectivity index (χ1) is 8.67. The van der Waals surface area contributed by atoms with Crippen molar-refractivity contribution in [3.05, 3.63) is 23.7 Å². The van der Waals surface area contributed by atoms with Crippen LogP contribution in [-0.4, -0.2) is 32.6 Å². The zero-order valence-corrected chi connectivity index (χ0v) is 11.3. The van der Waals surface area contributed by atoms with E-state index in [4.69, 9.17) is 9.84 Å². The molecule has 1 rings (SSSR count). The third-order valence-electron chi connectivity index (χ3n) is 1.89. The molecule has 0 fully saturated rings. The predicted molar refractivity (Wildman–Crippen MR) is 68.2 cm³/mol. The molecule has 0 aliphatic carbocycles. The summed E-state index contributed by atoms with van der Waals surface area (Å²) >= 11 is 0. The first-order valence-corrected chi connectivity index (χ1v) is 5.62. The van der Waals surface area contributed by atoms with E-state index in [1.165, 1.54) is 10.8 Å². The van der Waals surface area contributed by atoms with Gasteiger partial charge in [0.1, 0.15) is 11.3 Å². The molecule has 0 spiro atoms. The first kappa shape index (κ1) is 14.7. The van der Waals surface area contributed by atoms with Crippen molar-refractivity contribution in [1.29, 1.82) is 0 Å². The maximum atomic E-state index is 11.5. The number of aromatic nitrogens is 2. The van der Waals surface area contributed by atoms with Crippen molar-refractivity contribution in [2.24, 2.45) is 7.05 Å². The third kappa shape index (κ3) is 5.24. The highest BCUT2D eigenvalue weighted by Gasteiger charge is 2.19. The van der Waals surface area contributed by atoms with Crippen molar-refractivity contribution in [1.82, 2.24) is 15.1 Å². The molecule has 1 amide bonds. The summed E-state index contributed by atoms with van der Waals surface area (Å²) in [5, 5.41) is 15.2. The number of carbonyl (C=O) groups is 2. The van der Waals surface area contributed by atoms with Gasteiger partial charge in [0.25, 0.3) is 0 Å². The molecule has 1 aromatic heterocycles. The summed E-state index contributed by atoms with van der Waals surface area (Å²) in [6.45, 7) is 5.07. The lowest BCUT2D eigenvalue weighted by Crippen LogP contribution is -2.34. The van der Waals surface area contributed by atoms with Crippen molar-refractivity contribution in [3.63, 3.8) is 0 Å². The molecule has 0 bridgehead atoms. The number of amides is 1. The van der Waals surface area contributed by atoms with E-state index < -0.39 is 17.7 Å². The van der Waals surface area contributed by atoms with Gasteiger partial charge in [0, 0.05) is 13.2 Å². The molecule has 0 atom stereocenters. The quantitative estimate of drug-likeness (QED) is 0.807. The average molecular weight is 267 g/mol. The zero-order chi connectivity index (χ0) is 14.6. The van der Waals surface area contributed by atoms with Crippen LogP contribution in [0.1, 0.15) is 26.5 Å². The topological polar surface area (TPSA) is 93.5 Å². The number of rotatable bonds is 3. The monoisotopic (exact) mass is 267 g/mol. The fraction of sp³-hybridized carbons (Fsp3) is 0.417. The number of aryl methyl sites for hydroxylation is 1. The summed E-state index contributed by atoms with van der Waals surface area (Å²) in [4.78, 5) is 22.5. The molecular formula is C12H17N3O4. The molecular weight excluding hydrogens is 250 g/mol. The van der Waals surface area contributed by atoms with Crippen LogP contribution in [0.5, 0.6) is 0 Å². The Labute approximate surface area is 110 Å². The van der Waals surface area contributed by atoms with Crippen molar-refractivity contribution >= 4 is 18.1 Å². The first-order valence-electron chi connectivity index (χ1n) is 5.62. The fourth-order valence-corrected chi connectivity index (χ4v) is 1.22. The van der Waals surface area contributed by atoms with Crippen LogP contribution >= 0.6 is 0 Å². The van der Waals surface area contributed by atoms with Gasteiger partial charge in [-0.3, -0.25) is 10.00 Å². The minimum absolute atomic E-state index is 0.298. The van der Waals surface area contributed by atoms with E-state index in [1.807, 2.05) is 0 Å². The van der Waals surface area contributed by atoms with Crippen LogP contribution in [0.4, 0.5) is 4.79 Å². The number of hydrogen-bond acceptors (Lipinski definition) is 4. The number of hydrogen-bond donors (Lipinski definition) is 2. The van der Waals surface area contributed by atoms with Gasteiger partial charge >= 0.3 is 12.1 Å². The van der Waals surface area contributed by atoms with Crippen LogP contribution in [0.3, 0.4) is 0 Å². The summed E-state index contributed by atoms with van der Waals surface area (Å²) in [5.41, 5.74) is -0.567.